The number of aliphatic imine (C=N–C) groups is 1. The second-order valence-electron chi connectivity index (χ2n) is 15.5. The van der Waals surface area contributed by atoms with E-state index < -0.39 is 11.7 Å². The first-order valence-corrected chi connectivity index (χ1v) is 22.6. The molecule has 7 heterocycles. The number of thiophene rings is 1. The second-order valence-corrected chi connectivity index (χ2v) is 17.7. The van der Waals surface area contributed by atoms with Crippen LogP contribution in [0.3, 0.4) is 0 Å². The largest absolute Gasteiger partial charge is 0.493 e. The predicted molar refractivity (Wildman–Crippen MR) is 233 cm³/mol. The van der Waals surface area contributed by atoms with Crippen LogP contribution in [0.15, 0.2) is 75.2 Å². The van der Waals surface area contributed by atoms with Gasteiger partial charge in [0, 0.05) is 52.4 Å². The highest BCUT2D eigenvalue weighted by Crippen LogP contribution is 2.44. The third-order valence-corrected chi connectivity index (χ3v) is 14.3. The Morgan fingerprint density at radius 1 is 0.951 bits per heavy atom. The predicted octanol–water partition coefficient (Wildman–Crippen LogP) is 6.00. The second kappa shape index (κ2) is 16.2. The zero-order valence-corrected chi connectivity index (χ0v) is 35.7. The van der Waals surface area contributed by atoms with E-state index in [9.17, 15) is 14.4 Å². The van der Waals surface area contributed by atoms with Crippen LogP contribution in [-0.4, -0.2) is 97.0 Å². The van der Waals surface area contributed by atoms with Crippen molar-refractivity contribution in [2.45, 2.75) is 64.2 Å². The smallest absolute Gasteiger partial charge is 0.332 e. The Balaban J connectivity index is 0.937. The number of tetrazole rings is 1. The number of piperidine rings is 1. The topological polar surface area (TPSA) is 157 Å². The quantitative estimate of drug-likeness (QED) is 0.159. The molecule has 0 unspecified atom stereocenters. The Bertz CT molecular complexity index is 2840. The molecule has 3 aromatic heterocycles. The minimum Gasteiger partial charge on any atom is -0.493 e. The lowest BCUT2D eigenvalue weighted by Gasteiger charge is -2.35. The minimum absolute atomic E-state index is 0.0389. The molecule has 314 valence electrons. The van der Waals surface area contributed by atoms with Crippen molar-refractivity contribution in [2.75, 3.05) is 45.1 Å². The van der Waals surface area contributed by atoms with Gasteiger partial charge < -0.3 is 23.8 Å². The van der Waals surface area contributed by atoms with E-state index in [1.807, 2.05) is 85.1 Å². The molecule has 15 nitrogen and oxygen atoms in total. The van der Waals surface area contributed by atoms with Crippen molar-refractivity contribution in [3.05, 3.63) is 110 Å². The normalized spacial score (nSPS) is 18.5. The molecule has 4 aliphatic rings. The highest BCUT2D eigenvalue weighted by atomic mass is 32.2. The van der Waals surface area contributed by atoms with Crippen molar-refractivity contribution in [3.63, 3.8) is 0 Å². The zero-order valence-electron chi connectivity index (χ0n) is 34.0. The average Bonchev–Trinajstić information content (AvgIpc) is 4.08. The van der Waals surface area contributed by atoms with Gasteiger partial charge in [-0.1, -0.05) is 12.1 Å². The number of hydrogen-bond acceptors (Lipinski definition) is 13. The molecule has 17 heteroatoms. The highest BCUT2D eigenvalue weighted by Gasteiger charge is 2.36. The molecule has 0 spiro atoms. The van der Waals surface area contributed by atoms with Gasteiger partial charge in [-0.05, 0) is 104 Å². The Morgan fingerprint density at radius 2 is 1.80 bits per heavy atom. The zero-order chi connectivity index (χ0) is 41.8. The molecule has 4 aliphatic heterocycles. The van der Waals surface area contributed by atoms with E-state index in [-0.39, 0.29) is 36.8 Å². The monoisotopic (exact) mass is 860 g/mol. The van der Waals surface area contributed by atoms with Crippen LogP contribution >= 0.6 is 23.1 Å². The third-order valence-electron chi connectivity index (χ3n) is 12.0. The molecule has 10 rings (SSSR count). The lowest BCUT2D eigenvalue weighted by molar-refractivity contribution is 0.0691. The summed E-state index contributed by atoms with van der Waals surface area (Å²) in [6.45, 7) is 5.87. The van der Waals surface area contributed by atoms with E-state index in [0.717, 1.165) is 51.0 Å². The van der Waals surface area contributed by atoms with Crippen LogP contribution in [0.25, 0.3) is 20.7 Å². The lowest BCUT2D eigenvalue weighted by Crippen LogP contribution is -2.47. The average molecular weight is 861 g/mol. The van der Waals surface area contributed by atoms with Crippen molar-refractivity contribution in [1.29, 1.82) is 0 Å². The Hall–Kier alpha value is -5.94. The molecule has 2 atom stereocenters. The molecule has 0 aliphatic carbocycles. The first-order chi connectivity index (χ1) is 29.8. The van der Waals surface area contributed by atoms with Crippen LogP contribution in [0.5, 0.6) is 23.0 Å². The van der Waals surface area contributed by atoms with Crippen molar-refractivity contribution >= 4 is 44.9 Å². The number of nitrogens with zero attached hydrogens (tertiary/aromatic N) is 8. The Kier molecular flexibility index (Phi) is 10.4. The number of amides is 1. The molecule has 0 saturated carbocycles. The van der Waals surface area contributed by atoms with Gasteiger partial charge in [-0.2, -0.15) is 16.6 Å². The van der Waals surface area contributed by atoms with Crippen LogP contribution < -0.4 is 30.2 Å². The fourth-order valence-corrected chi connectivity index (χ4v) is 11.2. The number of rotatable bonds is 10. The maximum atomic E-state index is 14.5. The van der Waals surface area contributed by atoms with E-state index in [0.29, 0.717) is 77.9 Å². The highest BCUT2D eigenvalue weighted by molar-refractivity contribution is 7.99. The van der Waals surface area contributed by atoms with Crippen LogP contribution in [0, 0.1) is 0 Å². The Morgan fingerprint density at radius 3 is 2.61 bits per heavy atom. The molecule has 6 aromatic rings. The van der Waals surface area contributed by atoms with Crippen molar-refractivity contribution in [3.8, 4) is 33.4 Å². The van der Waals surface area contributed by atoms with Crippen molar-refractivity contribution < 1.29 is 23.7 Å². The van der Waals surface area contributed by atoms with Crippen molar-refractivity contribution in [2.24, 2.45) is 4.99 Å². The number of thioether (sulfide) groups is 1. The number of aromatic nitrogens is 6. The first kappa shape index (κ1) is 39.2. The number of carbonyl (C=O) groups excluding carboxylic acids is 1. The molecule has 0 bridgehead atoms. The number of benzene rings is 3. The molecule has 61 heavy (non-hydrogen) atoms. The molecule has 3 aromatic carbocycles. The molecular formula is C44H44N8O7S2. The summed E-state index contributed by atoms with van der Waals surface area (Å²) in [4.78, 5) is 52.5. The van der Waals surface area contributed by atoms with E-state index in [1.54, 1.807) is 11.7 Å². The lowest BCUT2D eigenvalue weighted by atomic mass is 9.81. The van der Waals surface area contributed by atoms with Gasteiger partial charge in [0.1, 0.15) is 4.70 Å². The summed E-state index contributed by atoms with van der Waals surface area (Å²) in [6, 6.07) is 19.1. The number of methoxy groups -OCH3 is 1. The molecule has 1 amide bonds. The van der Waals surface area contributed by atoms with Gasteiger partial charge in [0.15, 0.2) is 28.8 Å². The Labute approximate surface area is 358 Å². The third kappa shape index (κ3) is 7.06. The molecular weight excluding hydrogens is 817 g/mol. The first-order valence-electron chi connectivity index (χ1n) is 20.7. The number of ether oxygens (including phenoxy) is 4. The summed E-state index contributed by atoms with van der Waals surface area (Å²) >= 11 is 3.28. The molecule has 2 fully saturated rings. The van der Waals surface area contributed by atoms with E-state index in [1.165, 1.54) is 26.3 Å². The van der Waals surface area contributed by atoms with E-state index in [4.69, 9.17) is 23.9 Å². The number of likely N-dealkylation sites (tertiary alicyclic amines) is 1. The summed E-state index contributed by atoms with van der Waals surface area (Å²) in [5.74, 6) is 5.24. The standard InChI is InChI=1S/C44H44N8O7S2/c1-4-51-47-39(46-48-51)22-50-33-21-38(25-9-10-34-36(18-25)59-24-58-34)61-41(33)43(54)52(44(50)55)28-11-14-49(15-12-28)42(53)27-8-6-7-26(17-27)40-30-20-35(56-3)37(57-5-2)19-29(30)31-23-60-16-13-32(31)45-40/h6-10,17-21,28,31-32H,4-5,11-16,22-24H2,1-3H3/t31-,32-/m1/s1. The van der Waals surface area contributed by atoms with Gasteiger partial charge in [-0.3, -0.25) is 23.7 Å². The van der Waals surface area contributed by atoms with Crippen LogP contribution in [-0.2, 0) is 13.1 Å². The maximum Gasteiger partial charge on any atom is 0.332 e. The SMILES string of the molecule is CCOc1cc2c(cc1OC)C(c1cccc(C(=O)N3CCC(n4c(=O)c5sc(-c6ccc7c(c6)OCO7)cc5n(Cc5nnn(CC)n5)c4=O)CC3)c1)=N[C@@H]1CCSC[C@H]21. The van der Waals surface area contributed by atoms with E-state index >= 15 is 0 Å². The van der Waals surface area contributed by atoms with Gasteiger partial charge in [0.05, 0.1) is 44.1 Å². The van der Waals surface area contributed by atoms with E-state index in [2.05, 4.69) is 21.5 Å². The summed E-state index contributed by atoms with van der Waals surface area (Å²) in [6.07, 6.45) is 1.84. The molecule has 0 radical (unpaired) electrons. The van der Waals surface area contributed by atoms with Gasteiger partial charge in [-0.15, -0.1) is 21.5 Å². The summed E-state index contributed by atoms with van der Waals surface area (Å²) in [7, 11) is 1.65. The van der Waals surface area contributed by atoms with Gasteiger partial charge in [-0.25, -0.2) is 4.79 Å². The number of aryl methyl sites for hydroxylation is 1. The maximum absolute atomic E-state index is 14.5. The van der Waals surface area contributed by atoms with Crippen LogP contribution in [0.1, 0.15) is 77.9 Å². The fraction of sp³-hybridized carbons (Fsp3) is 0.386. The van der Waals surface area contributed by atoms with Crippen LogP contribution in [0.4, 0.5) is 0 Å². The minimum atomic E-state index is -0.449. The summed E-state index contributed by atoms with van der Waals surface area (Å²) in [5.41, 5.74) is 5.02. The van der Waals surface area contributed by atoms with Gasteiger partial charge in [0.2, 0.25) is 6.79 Å². The number of carbonyl (C=O) groups is 1. The number of fused-ring (bicyclic) bond motifs is 5. The van der Waals surface area contributed by atoms with Gasteiger partial charge in [0.25, 0.3) is 11.5 Å². The fourth-order valence-electron chi connectivity index (χ4n) is 8.91. The number of hydrogen-bond donors (Lipinski definition) is 0. The summed E-state index contributed by atoms with van der Waals surface area (Å²) < 4.78 is 26.3. The van der Waals surface area contributed by atoms with Crippen molar-refractivity contribution in [1.82, 2.24) is 34.2 Å². The van der Waals surface area contributed by atoms with Crippen LogP contribution in [0.2, 0.25) is 0 Å². The summed E-state index contributed by atoms with van der Waals surface area (Å²) in [5, 5.41) is 12.7. The van der Waals surface area contributed by atoms with Gasteiger partial charge >= 0.3 is 5.69 Å². The molecule has 2 saturated heterocycles. The molecule has 0 N–H and O–H groups in total.